The van der Waals surface area contributed by atoms with Gasteiger partial charge >= 0.3 is 0 Å². The summed E-state index contributed by atoms with van der Waals surface area (Å²) in [5, 5.41) is 15.9. The molecule has 1 aromatic carbocycles. The Morgan fingerprint density at radius 2 is 2.12 bits per heavy atom. The largest absolute Gasteiger partial charge is 0.355 e. The average molecular weight is 473 g/mol. The third-order valence-corrected chi connectivity index (χ3v) is 6.26. The number of pyridine rings is 1. The predicted molar refractivity (Wildman–Crippen MR) is 120 cm³/mol. The number of nitriles is 1. The maximum Gasteiger partial charge on any atom is 0.255 e. The molecule has 2 aliphatic rings. The molecule has 10 heteroatoms. The number of nitrogens with one attached hydrogen (secondary N) is 2. The van der Waals surface area contributed by atoms with Gasteiger partial charge in [-0.15, -0.1) is 0 Å². The minimum atomic E-state index is -0.448. The van der Waals surface area contributed by atoms with E-state index < -0.39 is 12.1 Å². The Kier molecular flexibility index (Phi) is 6.70. The molecule has 0 radical (unpaired) electrons. The number of nitrogens with zero attached hydrogens (tertiary/aromatic N) is 4. The van der Waals surface area contributed by atoms with Crippen LogP contribution in [0.2, 0.25) is 10.0 Å². The van der Waals surface area contributed by atoms with Crippen LogP contribution in [0.4, 0.5) is 4.39 Å². The van der Waals surface area contributed by atoms with Crippen LogP contribution in [0.3, 0.4) is 0 Å². The summed E-state index contributed by atoms with van der Waals surface area (Å²) in [6.07, 6.45) is 3.38. The van der Waals surface area contributed by atoms with Gasteiger partial charge in [0.2, 0.25) is 0 Å². The summed E-state index contributed by atoms with van der Waals surface area (Å²) in [6.45, 7) is 1.52. The maximum absolute atomic E-state index is 13.1. The molecule has 1 amide bonds. The standard InChI is InChI=1S/C22H19Cl2FN6O/c23-19-4-2-13(5-20(19)24)18-12-31(21(32)14-1-3-17(6-26)27-7-14)11-15(18)8-28-22-29-9-16(25)10-30-22/h1-5,7,9-10,15,18,22,28-29H,8,11-12H2/t15-,18+,22?/m0/s1. The number of hydrogen-bond donors (Lipinski definition) is 2. The van der Waals surface area contributed by atoms with Crippen molar-refractivity contribution in [3.8, 4) is 6.07 Å². The number of halogens is 3. The van der Waals surface area contributed by atoms with Crippen molar-refractivity contribution in [1.82, 2.24) is 20.5 Å². The first-order chi connectivity index (χ1) is 15.4. The fourth-order valence-corrected chi connectivity index (χ4v) is 4.20. The van der Waals surface area contributed by atoms with Crippen LogP contribution in [0.1, 0.15) is 27.5 Å². The number of carbonyl (C=O) groups excluding carboxylic acids is 1. The summed E-state index contributed by atoms with van der Waals surface area (Å²) in [7, 11) is 0. The van der Waals surface area contributed by atoms with E-state index in [0.717, 1.165) is 11.8 Å². The van der Waals surface area contributed by atoms with Crippen molar-refractivity contribution in [3.05, 3.63) is 75.4 Å². The van der Waals surface area contributed by atoms with E-state index in [1.54, 1.807) is 17.0 Å². The lowest BCUT2D eigenvalue weighted by atomic mass is 9.89. The Bertz CT molecular complexity index is 1110. The number of hydrogen-bond acceptors (Lipinski definition) is 6. The average Bonchev–Trinajstić information content (AvgIpc) is 3.24. The fraction of sp³-hybridized carbons (Fsp3) is 0.273. The number of allylic oxidation sites excluding steroid dienone is 1. The molecule has 7 nitrogen and oxygen atoms in total. The highest BCUT2D eigenvalue weighted by Crippen LogP contribution is 2.36. The summed E-state index contributed by atoms with van der Waals surface area (Å²) in [5.74, 6) is -0.540. The first kappa shape index (κ1) is 22.2. The minimum absolute atomic E-state index is 0.00686. The molecule has 3 heterocycles. The van der Waals surface area contributed by atoms with E-state index in [9.17, 15) is 9.18 Å². The molecule has 1 saturated heterocycles. The maximum atomic E-state index is 13.1. The van der Waals surface area contributed by atoms with Crippen LogP contribution < -0.4 is 10.6 Å². The highest BCUT2D eigenvalue weighted by molar-refractivity contribution is 6.42. The van der Waals surface area contributed by atoms with E-state index in [0.29, 0.717) is 35.2 Å². The molecule has 164 valence electrons. The fourth-order valence-electron chi connectivity index (χ4n) is 3.89. The Morgan fingerprint density at radius 1 is 1.28 bits per heavy atom. The smallest absolute Gasteiger partial charge is 0.255 e. The van der Waals surface area contributed by atoms with Gasteiger partial charge in [0.1, 0.15) is 11.8 Å². The van der Waals surface area contributed by atoms with Gasteiger partial charge < -0.3 is 10.2 Å². The SMILES string of the molecule is N#Cc1ccc(C(=O)N2C[C@H](CNC3N=CC(F)=CN3)[C@@H](c3ccc(Cl)c(Cl)c3)C2)cn1. The summed E-state index contributed by atoms with van der Waals surface area (Å²) in [4.78, 5) is 22.9. The second kappa shape index (κ2) is 9.65. The molecule has 0 aliphatic carbocycles. The molecule has 3 atom stereocenters. The third kappa shape index (κ3) is 4.91. The van der Waals surface area contributed by atoms with E-state index in [2.05, 4.69) is 20.6 Å². The van der Waals surface area contributed by atoms with Crippen LogP contribution in [0.25, 0.3) is 0 Å². The van der Waals surface area contributed by atoms with Crippen molar-refractivity contribution in [1.29, 1.82) is 5.26 Å². The molecule has 4 rings (SSSR count). The second-order valence-electron chi connectivity index (χ2n) is 7.58. The van der Waals surface area contributed by atoms with Gasteiger partial charge in [0.25, 0.3) is 5.91 Å². The van der Waals surface area contributed by atoms with Gasteiger partial charge in [0.05, 0.1) is 21.8 Å². The summed E-state index contributed by atoms with van der Waals surface area (Å²) in [5.41, 5.74) is 1.65. The topological polar surface area (TPSA) is 93.4 Å². The molecular formula is C22H19Cl2FN6O. The normalized spacial score (nSPS) is 22.2. The van der Waals surface area contributed by atoms with Gasteiger partial charge in [-0.05, 0) is 35.7 Å². The van der Waals surface area contributed by atoms with Gasteiger partial charge in [-0.1, -0.05) is 29.3 Å². The van der Waals surface area contributed by atoms with E-state index in [1.165, 1.54) is 18.5 Å². The van der Waals surface area contributed by atoms with Crippen LogP contribution >= 0.6 is 23.2 Å². The number of aliphatic imine (C=N–C) groups is 1. The van der Waals surface area contributed by atoms with E-state index >= 15 is 0 Å². The molecule has 2 aliphatic heterocycles. The summed E-state index contributed by atoms with van der Waals surface area (Å²) in [6, 6.07) is 10.6. The zero-order chi connectivity index (χ0) is 22.7. The van der Waals surface area contributed by atoms with E-state index in [1.807, 2.05) is 18.2 Å². The molecule has 1 aromatic heterocycles. The zero-order valence-corrected chi connectivity index (χ0v) is 18.3. The van der Waals surface area contributed by atoms with Crippen molar-refractivity contribution in [2.45, 2.75) is 12.2 Å². The zero-order valence-electron chi connectivity index (χ0n) is 16.8. The lowest BCUT2D eigenvalue weighted by Gasteiger charge is -2.23. The van der Waals surface area contributed by atoms with E-state index in [4.69, 9.17) is 28.5 Å². The summed E-state index contributed by atoms with van der Waals surface area (Å²) >= 11 is 12.3. The minimum Gasteiger partial charge on any atom is -0.355 e. The molecular weight excluding hydrogens is 454 g/mol. The van der Waals surface area contributed by atoms with Gasteiger partial charge in [0.15, 0.2) is 12.1 Å². The van der Waals surface area contributed by atoms with Crippen LogP contribution in [0.15, 0.2) is 53.5 Å². The monoisotopic (exact) mass is 472 g/mol. The van der Waals surface area contributed by atoms with Crippen LogP contribution in [-0.4, -0.2) is 47.9 Å². The molecule has 0 spiro atoms. The molecule has 1 unspecified atom stereocenters. The van der Waals surface area contributed by atoms with Crippen molar-refractivity contribution >= 4 is 35.3 Å². The molecule has 0 bridgehead atoms. The quantitative estimate of drug-likeness (QED) is 0.694. The van der Waals surface area contributed by atoms with Gasteiger partial charge in [-0.2, -0.15) is 5.26 Å². The number of rotatable bonds is 5. The Balaban J connectivity index is 1.52. The first-order valence-electron chi connectivity index (χ1n) is 9.93. The Morgan fingerprint density at radius 3 is 2.78 bits per heavy atom. The van der Waals surface area contributed by atoms with Crippen molar-refractivity contribution in [2.75, 3.05) is 19.6 Å². The Hall–Kier alpha value is -2.99. The predicted octanol–water partition coefficient (Wildman–Crippen LogP) is 3.47. The van der Waals surface area contributed by atoms with Gasteiger partial charge in [0, 0.05) is 37.9 Å². The highest BCUT2D eigenvalue weighted by Gasteiger charge is 2.37. The van der Waals surface area contributed by atoms with Crippen LogP contribution in [0, 0.1) is 17.2 Å². The lowest BCUT2D eigenvalue weighted by Crippen LogP contribution is -2.43. The molecule has 1 fully saturated rings. The van der Waals surface area contributed by atoms with Crippen LogP contribution in [0.5, 0.6) is 0 Å². The number of aromatic nitrogens is 1. The van der Waals surface area contributed by atoms with Crippen LogP contribution in [-0.2, 0) is 0 Å². The van der Waals surface area contributed by atoms with E-state index in [-0.39, 0.29) is 23.4 Å². The number of benzene rings is 1. The van der Waals surface area contributed by atoms with Crippen molar-refractivity contribution in [3.63, 3.8) is 0 Å². The van der Waals surface area contributed by atoms with Crippen molar-refractivity contribution < 1.29 is 9.18 Å². The Labute approximate surface area is 194 Å². The lowest BCUT2D eigenvalue weighted by molar-refractivity contribution is 0.0785. The highest BCUT2D eigenvalue weighted by atomic mass is 35.5. The first-order valence-corrected chi connectivity index (χ1v) is 10.7. The number of likely N-dealkylation sites (tertiary alicyclic amines) is 1. The molecule has 2 N–H and O–H groups in total. The molecule has 32 heavy (non-hydrogen) atoms. The number of carbonyl (C=O) groups is 1. The molecule has 2 aromatic rings. The third-order valence-electron chi connectivity index (χ3n) is 5.52. The number of amides is 1. The van der Waals surface area contributed by atoms with Gasteiger partial charge in [-0.25, -0.2) is 9.37 Å². The second-order valence-corrected chi connectivity index (χ2v) is 8.39. The molecule has 0 saturated carbocycles. The summed E-state index contributed by atoms with van der Waals surface area (Å²) < 4.78 is 13.1. The van der Waals surface area contributed by atoms with Crippen molar-refractivity contribution in [2.24, 2.45) is 10.9 Å². The van der Waals surface area contributed by atoms with Gasteiger partial charge in [-0.3, -0.25) is 15.1 Å².